The zero-order chi connectivity index (χ0) is 4.99. The molecule has 0 saturated heterocycles. The van der Waals surface area contributed by atoms with Crippen molar-refractivity contribution in [3.05, 3.63) is 5.32 Å². The Labute approximate surface area is 95.8 Å². The first-order chi connectivity index (χ1) is 2.81. The first-order valence-corrected chi connectivity index (χ1v) is 1.94. The number of carbonyl (C=O) groups is 1. The van der Waals surface area contributed by atoms with E-state index < -0.39 is 0 Å². The first-order valence-electron chi connectivity index (χ1n) is 1.94. The molecule has 0 unspecified atom stereocenters. The summed E-state index contributed by atoms with van der Waals surface area (Å²) in [6, 6.07) is 0. The molecule has 1 radical (unpaired) electrons. The number of hydrogen-bond donors (Lipinski definition) is 0. The van der Waals surface area contributed by atoms with E-state index in [9.17, 15) is 4.79 Å². The summed E-state index contributed by atoms with van der Waals surface area (Å²) >= 11 is 0. The van der Waals surface area contributed by atoms with E-state index in [1.807, 2.05) is 0 Å². The van der Waals surface area contributed by atoms with Crippen LogP contribution in [0.1, 0.15) is 13.3 Å². The van der Waals surface area contributed by atoms with Gasteiger partial charge < -0.3 is 44.1 Å². The summed E-state index contributed by atoms with van der Waals surface area (Å²) in [6.07, 6.45) is 0.524. The van der Waals surface area contributed by atoms with Crippen molar-refractivity contribution < 1.29 is 65.0 Å². The van der Waals surface area contributed by atoms with Gasteiger partial charge in [-0.3, -0.25) is 0 Å². The van der Waals surface area contributed by atoms with E-state index in [0.29, 0.717) is 6.42 Å². The van der Waals surface area contributed by atoms with Crippen LogP contribution < -0.4 is 34.0 Å². The van der Waals surface area contributed by atoms with E-state index in [1.165, 1.54) is 7.05 Å². The number of rotatable bonds is 1. The van der Waals surface area contributed by atoms with Gasteiger partial charge in [-0.2, -0.15) is 0 Å². The normalized spacial score (nSPS) is 5.11. The fourth-order valence-corrected chi connectivity index (χ4v) is 0.158. The number of carbonyl (C=O) groups excluding carboxylic acids is 1. The van der Waals surface area contributed by atoms with E-state index in [-0.39, 0.29) is 66.1 Å². The van der Waals surface area contributed by atoms with Gasteiger partial charge in [0.05, 0.1) is 5.91 Å². The number of amides is 1. The second kappa shape index (κ2) is 16.1. The van der Waals surface area contributed by atoms with Gasteiger partial charge in [0.1, 0.15) is 0 Å². The minimum atomic E-state index is -0.0324. The molecule has 0 aromatic rings. The first kappa shape index (κ1) is 22.4. The number of nitrogens with zero attached hydrogens (tertiary/aromatic N) is 1. The van der Waals surface area contributed by atoms with Crippen molar-refractivity contribution in [1.29, 1.82) is 0 Å². The van der Waals surface area contributed by atoms with Gasteiger partial charge in [0, 0.05) is 0 Å². The summed E-state index contributed by atoms with van der Waals surface area (Å²) < 4.78 is 0. The van der Waals surface area contributed by atoms with Crippen LogP contribution >= 0.6 is 0 Å². The largest absolute Gasteiger partial charge is 3.00 e. The Hall–Kier alpha value is 1.31. The Balaban J connectivity index is -0.0000000417. The van der Waals surface area contributed by atoms with Crippen LogP contribution in [-0.4, -0.2) is 13.0 Å². The van der Waals surface area contributed by atoms with E-state index in [4.69, 9.17) is 0 Å². The molecule has 5 heteroatoms. The minimum absolute atomic E-state index is 0. The summed E-state index contributed by atoms with van der Waals surface area (Å²) in [5, 5.41) is 3.37. The molecule has 0 aliphatic rings. The summed E-state index contributed by atoms with van der Waals surface area (Å²) in [5.74, 6) is -0.0324. The predicted octanol–water partition coefficient (Wildman–Crippen LogP) is -5.07. The Bertz CT molecular complexity index is 56.5. The Morgan fingerprint density at radius 2 is 1.78 bits per heavy atom. The monoisotopic (exact) mass is 334 g/mol. The molecule has 2 nitrogen and oxygen atoms in total. The summed E-state index contributed by atoms with van der Waals surface area (Å²) in [5.41, 5.74) is 0. The van der Waals surface area contributed by atoms with Crippen molar-refractivity contribution in [3.8, 4) is 0 Å². The quantitative estimate of drug-likeness (QED) is 0.471. The third-order valence-electron chi connectivity index (χ3n) is 0.552. The zero-order valence-corrected chi connectivity index (χ0v) is 10.9. The average Bonchev–Trinajstić information content (AvgIpc) is 1.65. The average molecular weight is 337 g/mol. The summed E-state index contributed by atoms with van der Waals surface area (Å²) in [4.78, 5) is 10.0. The third-order valence-corrected chi connectivity index (χ3v) is 0.552. The van der Waals surface area contributed by atoms with Crippen molar-refractivity contribution in [2.75, 3.05) is 7.05 Å². The van der Waals surface area contributed by atoms with Crippen molar-refractivity contribution in [3.63, 3.8) is 0 Å². The number of hydrogen-bond acceptors (Lipinski definition) is 1. The molecule has 1 amide bonds. The molecule has 9 heavy (non-hydrogen) atoms. The fraction of sp³-hybridized carbons (Fsp3) is 0.750. The molecular formula is C4H8Br2NOZr. The van der Waals surface area contributed by atoms with Gasteiger partial charge in [0.25, 0.3) is 0 Å². The van der Waals surface area contributed by atoms with E-state index in [1.54, 1.807) is 6.92 Å². The molecule has 0 bridgehead atoms. The van der Waals surface area contributed by atoms with Crippen LogP contribution in [0.5, 0.6) is 0 Å². The SMILES string of the molecule is CCC(=O)[N-]C.[Br-].[Br-].[Zr+3]. The topological polar surface area (TPSA) is 31.2 Å². The molecule has 0 fully saturated rings. The Morgan fingerprint density at radius 1 is 1.44 bits per heavy atom. The van der Waals surface area contributed by atoms with Gasteiger partial charge in [-0.05, 0) is 6.42 Å². The Morgan fingerprint density at radius 3 is 1.78 bits per heavy atom. The van der Waals surface area contributed by atoms with Crippen LogP contribution in [0.3, 0.4) is 0 Å². The van der Waals surface area contributed by atoms with Crippen molar-refractivity contribution in [2.24, 2.45) is 0 Å². The van der Waals surface area contributed by atoms with Gasteiger partial charge in [0.2, 0.25) is 0 Å². The molecule has 0 saturated carbocycles. The van der Waals surface area contributed by atoms with Crippen LogP contribution in [0, 0.1) is 0 Å². The Kier molecular flexibility index (Phi) is 40.3. The molecule has 53 valence electrons. The van der Waals surface area contributed by atoms with Gasteiger partial charge in [0.15, 0.2) is 0 Å². The maximum Gasteiger partial charge on any atom is 3.00 e. The van der Waals surface area contributed by atoms with Gasteiger partial charge in [-0.25, -0.2) is 0 Å². The smallest absolute Gasteiger partial charge is 1.00 e. The van der Waals surface area contributed by atoms with Crippen LogP contribution in [0.15, 0.2) is 0 Å². The minimum Gasteiger partial charge on any atom is -1.00 e. The molecule has 0 spiro atoms. The number of halogens is 2. The molecule has 0 aromatic heterocycles. The zero-order valence-electron chi connectivity index (χ0n) is 5.32. The standard InChI is InChI=1S/C4H9NO.2BrH.Zr/c1-3-4(6)5-2;;;/h3H2,1-2H3,(H,5,6);2*1H;/q;;;+3/p-3. The van der Waals surface area contributed by atoms with Gasteiger partial charge in [-0.15, -0.1) is 7.05 Å². The molecule has 0 N–H and O–H groups in total. The molecule has 0 heterocycles. The maximum atomic E-state index is 10.0. The second-order valence-electron chi connectivity index (χ2n) is 0.971. The van der Waals surface area contributed by atoms with Crippen molar-refractivity contribution >= 4 is 5.91 Å². The second-order valence-corrected chi connectivity index (χ2v) is 0.971. The molecule has 0 aliphatic heterocycles. The van der Waals surface area contributed by atoms with Crippen LogP contribution in [0.4, 0.5) is 0 Å². The van der Waals surface area contributed by atoms with Crippen molar-refractivity contribution in [1.82, 2.24) is 0 Å². The van der Waals surface area contributed by atoms with Crippen LogP contribution in [-0.2, 0) is 31.0 Å². The van der Waals surface area contributed by atoms with Crippen LogP contribution in [0.25, 0.3) is 5.32 Å². The fourth-order valence-electron chi connectivity index (χ4n) is 0.158. The van der Waals surface area contributed by atoms with E-state index >= 15 is 0 Å². The molecule has 0 aliphatic carbocycles. The maximum absolute atomic E-state index is 10.0. The molecule has 0 rings (SSSR count). The molecule has 0 aromatic carbocycles. The molecule has 0 atom stereocenters. The summed E-state index contributed by atoms with van der Waals surface area (Å²) in [6.45, 7) is 1.79. The van der Waals surface area contributed by atoms with E-state index in [0.717, 1.165) is 0 Å². The van der Waals surface area contributed by atoms with Gasteiger partial charge in [-0.1, -0.05) is 6.92 Å². The van der Waals surface area contributed by atoms with Gasteiger partial charge >= 0.3 is 26.2 Å². The summed E-state index contributed by atoms with van der Waals surface area (Å²) in [7, 11) is 1.51. The van der Waals surface area contributed by atoms with Crippen molar-refractivity contribution in [2.45, 2.75) is 13.3 Å². The van der Waals surface area contributed by atoms with E-state index in [2.05, 4.69) is 5.32 Å². The van der Waals surface area contributed by atoms with Crippen LogP contribution in [0.2, 0.25) is 0 Å². The third kappa shape index (κ3) is 17.6. The predicted molar refractivity (Wildman–Crippen MR) is 24.6 cm³/mol. The molecular weight excluding hydrogens is 329 g/mol.